The number of pyridine rings is 1. The summed E-state index contributed by atoms with van der Waals surface area (Å²) >= 11 is 8.46. The van der Waals surface area contributed by atoms with Crippen molar-refractivity contribution in [1.82, 2.24) is 15.2 Å². The number of carbonyl (C=O) groups excluding carboxylic acids is 1. The van der Waals surface area contributed by atoms with Crippen LogP contribution in [-0.2, 0) is 17.9 Å². The summed E-state index contributed by atoms with van der Waals surface area (Å²) in [6, 6.07) is 13.8. The van der Waals surface area contributed by atoms with Crippen LogP contribution in [0.25, 0.3) is 10.9 Å². The Morgan fingerprint density at radius 3 is 2.73 bits per heavy atom. The van der Waals surface area contributed by atoms with E-state index < -0.39 is 0 Å². The van der Waals surface area contributed by atoms with E-state index in [0.29, 0.717) is 22.8 Å². The zero-order chi connectivity index (χ0) is 20.9. The number of hydrogen-bond acceptors (Lipinski definition) is 4. The van der Waals surface area contributed by atoms with E-state index in [2.05, 4.69) is 56.0 Å². The summed E-state index contributed by atoms with van der Waals surface area (Å²) in [7, 11) is 0. The van der Waals surface area contributed by atoms with Gasteiger partial charge in [-0.3, -0.25) is 14.7 Å². The largest absolute Gasteiger partial charge is 0.480 e. The molecule has 7 heteroatoms. The maximum Gasteiger partial charge on any atom is 0.258 e. The molecule has 1 aliphatic heterocycles. The third-order valence-electron chi connectivity index (χ3n) is 5.29. The van der Waals surface area contributed by atoms with Crippen LogP contribution in [0, 0.1) is 3.57 Å². The Morgan fingerprint density at radius 2 is 1.93 bits per heavy atom. The Kier molecular flexibility index (Phi) is 7.07. The van der Waals surface area contributed by atoms with Crippen LogP contribution in [0.1, 0.15) is 24.0 Å². The van der Waals surface area contributed by atoms with Crippen LogP contribution in [-0.4, -0.2) is 35.5 Å². The molecule has 1 aliphatic rings. The Hall–Kier alpha value is -1.90. The van der Waals surface area contributed by atoms with E-state index >= 15 is 0 Å². The fraction of sp³-hybridized carbons (Fsp3) is 0.304. The smallest absolute Gasteiger partial charge is 0.258 e. The summed E-state index contributed by atoms with van der Waals surface area (Å²) in [5.41, 5.74) is 3.08. The number of benzene rings is 2. The van der Waals surface area contributed by atoms with E-state index in [-0.39, 0.29) is 12.5 Å². The number of carbonyl (C=O) groups is 1. The van der Waals surface area contributed by atoms with Gasteiger partial charge in [-0.1, -0.05) is 35.9 Å². The second-order valence-electron chi connectivity index (χ2n) is 7.39. The number of amides is 1. The molecule has 0 aliphatic carbocycles. The molecule has 1 N–H and O–H groups in total. The molecule has 0 bridgehead atoms. The van der Waals surface area contributed by atoms with Crippen molar-refractivity contribution in [3.63, 3.8) is 0 Å². The minimum atomic E-state index is -0.166. The lowest BCUT2D eigenvalue weighted by atomic mass is 10.1. The maximum atomic E-state index is 12.5. The van der Waals surface area contributed by atoms with Crippen molar-refractivity contribution < 1.29 is 9.53 Å². The minimum absolute atomic E-state index is 0.0718. The molecular weight excluding hydrogens is 513 g/mol. The maximum absolute atomic E-state index is 12.5. The van der Waals surface area contributed by atoms with Gasteiger partial charge in [0.25, 0.3) is 5.91 Å². The molecular formula is C23H23ClIN3O2. The quantitative estimate of drug-likeness (QED) is 0.442. The molecule has 0 radical (unpaired) electrons. The molecule has 1 aromatic heterocycles. The number of hydrogen-bond donors (Lipinski definition) is 1. The molecule has 4 rings (SSSR count). The van der Waals surface area contributed by atoms with Gasteiger partial charge in [-0.2, -0.15) is 0 Å². The fourth-order valence-corrected chi connectivity index (χ4v) is 4.90. The number of fused-ring (bicyclic) bond motifs is 1. The molecule has 2 aromatic carbocycles. The number of ether oxygens (including phenoxy) is 1. The van der Waals surface area contributed by atoms with Crippen LogP contribution >= 0.6 is 34.2 Å². The van der Waals surface area contributed by atoms with Crippen molar-refractivity contribution in [2.24, 2.45) is 0 Å². The molecule has 1 saturated heterocycles. The molecule has 0 spiro atoms. The van der Waals surface area contributed by atoms with Gasteiger partial charge in [0.2, 0.25) is 0 Å². The van der Waals surface area contributed by atoms with E-state index in [0.717, 1.165) is 34.2 Å². The summed E-state index contributed by atoms with van der Waals surface area (Å²) in [5, 5.41) is 4.41. The first-order chi connectivity index (χ1) is 14.6. The monoisotopic (exact) mass is 535 g/mol. The third-order valence-corrected chi connectivity index (χ3v) is 6.40. The van der Waals surface area contributed by atoms with Crippen molar-refractivity contribution in [3.8, 4) is 5.75 Å². The summed E-state index contributed by atoms with van der Waals surface area (Å²) in [5.74, 6) is 0.418. The highest BCUT2D eigenvalue weighted by Crippen LogP contribution is 2.34. The van der Waals surface area contributed by atoms with Crippen molar-refractivity contribution in [3.05, 3.63) is 68.4 Å². The van der Waals surface area contributed by atoms with E-state index in [1.54, 1.807) is 6.20 Å². The molecule has 1 fully saturated rings. The standard InChI is InChI=1S/C23H23ClIN3O2/c24-19-12-20(25)23(22-18(19)8-5-9-26-22)30-15-21(29)27-13-16-6-1-2-7-17(16)14-28-10-3-4-11-28/h1-2,5-9,12H,3-4,10-11,13-15H2,(H,27,29). The number of nitrogens with zero attached hydrogens (tertiary/aromatic N) is 2. The third kappa shape index (κ3) is 5.04. The summed E-state index contributed by atoms with van der Waals surface area (Å²) in [6.45, 7) is 3.65. The van der Waals surface area contributed by atoms with Gasteiger partial charge in [-0.15, -0.1) is 0 Å². The summed E-state index contributed by atoms with van der Waals surface area (Å²) < 4.78 is 6.67. The number of rotatable bonds is 7. The van der Waals surface area contributed by atoms with Gasteiger partial charge in [0.1, 0.15) is 5.52 Å². The molecule has 0 atom stereocenters. The Bertz CT molecular complexity index is 1050. The second-order valence-corrected chi connectivity index (χ2v) is 8.96. The SMILES string of the molecule is O=C(COc1c(I)cc(Cl)c2cccnc12)NCc1ccccc1CN1CCCC1. The van der Waals surface area contributed by atoms with Gasteiger partial charge in [0.15, 0.2) is 12.4 Å². The van der Waals surface area contributed by atoms with Crippen LogP contribution in [0.2, 0.25) is 5.02 Å². The normalized spacial score (nSPS) is 14.2. The first kappa shape index (κ1) is 21.3. The van der Waals surface area contributed by atoms with E-state index in [4.69, 9.17) is 16.3 Å². The molecule has 30 heavy (non-hydrogen) atoms. The van der Waals surface area contributed by atoms with Gasteiger partial charge >= 0.3 is 0 Å². The predicted molar refractivity (Wildman–Crippen MR) is 128 cm³/mol. The zero-order valence-electron chi connectivity index (χ0n) is 16.5. The Labute approximate surface area is 194 Å². The minimum Gasteiger partial charge on any atom is -0.480 e. The molecule has 2 heterocycles. The number of likely N-dealkylation sites (tertiary alicyclic amines) is 1. The van der Waals surface area contributed by atoms with Crippen molar-refractivity contribution >= 4 is 51.0 Å². The fourth-order valence-electron chi connectivity index (χ4n) is 3.73. The highest BCUT2D eigenvalue weighted by atomic mass is 127. The van der Waals surface area contributed by atoms with Crippen LogP contribution < -0.4 is 10.1 Å². The highest BCUT2D eigenvalue weighted by Gasteiger charge is 2.15. The molecule has 0 saturated carbocycles. The summed E-state index contributed by atoms with van der Waals surface area (Å²) in [4.78, 5) is 19.3. The average molecular weight is 536 g/mol. The van der Waals surface area contributed by atoms with E-state index in [1.165, 1.54) is 18.4 Å². The van der Waals surface area contributed by atoms with Gasteiger partial charge in [0, 0.05) is 24.7 Å². The number of nitrogens with one attached hydrogen (secondary N) is 1. The molecule has 1 amide bonds. The van der Waals surface area contributed by atoms with Crippen molar-refractivity contribution in [2.75, 3.05) is 19.7 Å². The lowest BCUT2D eigenvalue weighted by molar-refractivity contribution is -0.123. The molecule has 156 valence electrons. The Morgan fingerprint density at radius 1 is 1.17 bits per heavy atom. The molecule has 3 aromatic rings. The average Bonchev–Trinajstić information content (AvgIpc) is 3.26. The van der Waals surface area contributed by atoms with Crippen LogP contribution in [0.4, 0.5) is 0 Å². The van der Waals surface area contributed by atoms with Gasteiger partial charge in [0.05, 0.1) is 8.59 Å². The number of halogens is 2. The summed E-state index contributed by atoms with van der Waals surface area (Å²) in [6.07, 6.45) is 4.23. The van der Waals surface area contributed by atoms with Crippen molar-refractivity contribution in [1.29, 1.82) is 0 Å². The zero-order valence-corrected chi connectivity index (χ0v) is 19.4. The van der Waals surface area contributed by atoms with Gasteiger partial charge in [-0.05, 0) is 77.8 Å². The van der Waals surface area contributed by atoms with Crippen LogP contribution in [0.5, 0.6) is 5.75 Å². The van der Waals surface area contributed by atoms with Gasteiger partial charge < -0.3 is 10.1 Å². The van der Waals surface area contributed by atoms with Crippen LogP contribution in [0.3, 0.4) is 0 Å². The van der Waals surface area contributed by atoms with Crippen LogP contribution in [0.15, 0.2) is 48.7 Å². The lowest BCUT2D eigenvalue weighted by Crippen LogP contribution is -2.29. The Balaban J connectivity index is 1.38. The predicted octanol–water partition coefficient (Wildman–Crippen LogP) is 4.78. The first-order valence-corrected chi connectivity index (χ1v) is 11.5. The van der Waals surface area contributed by atoms with Gasteiger partial charge in [-0.25, -0.2) is 0 Å². The second kappa shape index (κ2) is 9.94. The number of aromatic nitrogens is 1. The van der Waals surface area contributed by atoms with Crippen molar-refractivity contribution in [2.45, 2.75) is 25.9 Å². The molecule has 0 unspecified atom stereocenters. The van der Waals surface area contributed by atoms with E-state index in [9.17, 15) is 4.79 Å². The first-order valence-electron chi connectivity index (χ1n) is 10.0. The topological polar surface area (TPSA) is 54.5 Å². The highest BCUT2D eigenvalue weighted by molar-refractivity contribution is 14.1. The van der Waals surface area contributed by atoms with E-state index in [1.807, 2.05) is 24.3 Å². The molecule has 5 nitrogen and oxygen atoms in total. The lowest BCUT2D eigenvalue weighted by Gasteiger charge is -2.18.